The number of amides is 1. The number of phenols is 1. The third kappa shape index (κ3) is 2.46. The summed E-state index contributed by atoms with van der Waals surface area (Å²) in [6.45, 7) is 5.20. The first-order valence-corrected chi connectivity index (χ1v) is 6.66. The maximum Gasteiger partial charge on any atom is 0.254 e. The molecule has 1 aromatic rings. The molecule has 0 bridgehead atoms. The zero-order valence-electron chi connectivity index (χ0n) is 10.7. The molecule has 0 aliphatic carbocycles. The molecule has 0 aromatic heterocycles. The van der Waals surface area contributed by atoms with Crippen LogP contribution in [-0.2, 0) is 0 Å². The van der Waals surface area contributed by atoms with Gasteiger partial charge in [-0.05, 0) is 31.4 Å². The van der Waals surface area contributed by atoms with Crippen LogP contribution in [0.1, 0.15) is 29.3 Å². The molecule has 1 aliphatic rings. The minimum absolute atomic E-state index is 0.0150. The van der Waals surface area contributed by atoms with E-state index in [4.69, 9.17) is 11.6 Å². The number of nitrogens with zero attached hydrogens (tertiary/aromatic N) is 1. The molecule has 1 heterocycles. The summed E-state index contributed by atoms with van der Waals surface area (Å²) in [4.78, 5) is 14.2. The van der Waals surface area contributed by atoms with Crippen LogP contribution in [-0.4, -0.2) is 34.4 Å². The molecule has 1 aliphatic heterocycles. The van der Waals surface area contributed by atoms with E-state index in [0.29, 0.717) is 30.1 Å². The molecule has 2 unspecified atom stereocenters. The minimum Gasteiger partial charge on any atom is -0.508 e. The lowest BCUT2D eigenvalue weighted by atomic mass is 9.98. The third-order valence-electron chi connectivity index (χ3n) is 3.62. The van der Waals surface area contributed by atoms with Crippen molar-refractivity contribution >= 4 is 17.5 Å². The van der Waals surface area contributed by atoms with E-state index < -0.39 is 0 Å². The largest absolute Gasteiger partial charge is 0.508 e. The molecule has 18 heavy (non-hydrogen) atoms. The van der Waals surface area contributed by atoms with Crippen molar-refractivity contribution in [3.8, 4) is 5.75 Å². The van der Waals surface area contributed by atoms with E-state index in [1.165, 1.54) is 0 Å². The molecule has 1 amide bonds. The zero-order chi connectivity index (χ0) is 13.3. The normalized spacial score (nSPS) is 24.1. The van der Waals surface area contributed by atoms with Crippen molar-refractivity contribution in [1.29, 1.82) is 0 Å². The SMILES string of the molecule is Cc1c(O)cccc1C(=O)N1CCC(Cl)C(C)C1. The van der Waals surface area contributed by atoms with Crippen LogP contribution in [0.25, 0.3) is 0 Å². The molecule has 1 saturated heterocycles. The number of benzene rings is 1. The monoisotopic (exact) mass is 267 g/mol. The van der Waals surface area contributed by atoms with Crippen molar-refractivity contribution in [3.63, 3.8) is 0 Å². The standard InChI is InChI=1S/C14H18ClNO2/c1-9-8-16(7-6-12(9)15)14(18)11-4-3-5-13(17)10(11)2/h3-5,9,12,17H,6-8H2,1-2H3. The Morgan fingerprint density at radius 3 is 2.89 bits per heavy atom. The summed E-state index contributed by atoms with van der Waals surface area (Å²) in [6, 6.07) is 5.06. The number of likely N-dealkylation sites (tertiary alicyclic amines) is 1. The van der Waals surface area contributed by atoms with Gasteiger partial charge in [0, 0.05) is 29.6 Å². The predicted molar refractivity (Wildman–Crippen MR) is 72.2 cm³/mol. The van der Waals surface area contributed by atoms with Gasteiger partial charge in [0.2, 0.25) is 0 Å². The second kappa shape index (κ2) is 5.19. The molecule has 1 aromatic carbocycles. The number of hydrogen-bond acceptors (Lipinski definition) is 2. The second-order valence-electron chi connectivity index (χ2n) is 4.98. The van der Waals surface area contributed by atoms with Gasteiger partial charge in [-0.1, -0.05) is 13.0 Å². The molecule has 0 saturated carbocycles. The van der Waals surface area contributed by atoms with Crippen molar-refractivity contribution in [2.45, 2.75) is 25.6 Å². The summed E-state index contributed by atoms with van der Waals surface area (Å²) in [7, 11) is 0. The van der Waals surface area contributed by atoms with Gasteiger partial charge >= 0.3 is 0 Å². The van der Waals surface area contributed by atoms with Crippen LogP contribution in [0, 0.1) is 12.8 Å². The van der Waals surface area contributed by atoms with E-state index in [2.05, 4.69) is 6.92 Å². The number of halogens is 1. The lowest BCUT2D eigenvalue weighted by Crippen LogP contribution is -2.43. The number of alkyl halides is 1. The molecule has 3 nitrogen and oxygen atoms in total. The van der Waals surface area contributed by atoms with Crippen LogP contribution in [0.2, 0.25) is 0 Å². The van der Waals surface area contributed by atoms with Crippen molar-refractivity contribution in [2.75, 3.05) is 13.1 Å². The maximum atomic E-state index is 12.4. The Hall–Kier alpha value is -1.22. The number of hydrogen-bond donors (Lipinski definition) is 1. The lowest BCUT2D eigenvalue weighted by molar-refractivity contribution is 0.0686. The highest BCUT2D eigenvalue weighted by molar-refractivity contribution is 6.20. The Balaban J connectivity index is 2.19. The highest BCUT2D eigenvalue weighted by Gasteiger charge is 2.28. The first-order valence-electron chi connectivity index (χ1n) is 6.22. The lowest BCUT2D eigenvalue weighted by Gasteiger charge is -2.34. The van der Waals surface area contributed by atoms with E-state index >= 15 is 0 Å². The average Bonchev–Trinajstić information content (AvgIpc) is 2.35. The van der Waals surface area contributed by atoms with Gasteiger partial charge in [-0.25, -0.2) is 0 Å². The van der Waals surface area contributed by atoms with Crippen LogP contribution in [0.15, 0.2) is 18.2 Å². The Labute approximate surface area is 112 Å². The van der Waals surface area contributed by atoms with Crippen LogP contribution in [0.4, 0.5) is 0 Å². The molecular formula is C14H18ClNO2. The second-order valence-corrected chi connectivity index (χ2v) is 5.54. The van der Waals surface area contributed by atoms with Crippen molar-refractivity contribution < 1.29 is 9.90 Å². The highest BCUT2D eigenvalue weighted by Crippen LogP contribution is 2.25. The number of phenolic OH excluding ortho intramolecular Hbond substituents is 1. The van der Waals surface area contributed by atoms with Crippen LogP contribution >= 0.6 is 11.6 Å². The van der Waals surface area contributed by atoms with Gasteiger partial charge in [0.1, 0.15) is 5.75 Å². The van der Waals surface area contributed by atoms with Crippen LogP contribution in [0.3, 0.4) is 0 Å². The van der Waals surface area contributed by atoms with Gasteiger partial charge in [-0.2, -0.15) is 0 Å². The molecule has 0 spiro atoms. The summed E-state index contributed by atoms with van der Waals surface area (Å²) >= 11 is 6.16. The first-order chi connectivity index (χ1) is 8.50. The summed E-state index contributed by atoms with van der Waals surface area (Å²) in [5.41, 5.74) is 1.22. The molecule has 2 atom stereocenters. The van der Waals surface area contributed by atoms with E-state index in [0.717, 1.165) is 6.42 Å². The van der Waals surface area contributed by atoms with E-state index in [1.54, 1.807) is 25.1 Å². The molecule has 4 heteroatoms. The van der Waals surface area contributed by atoms with Gasteiger partial charge in [-0.15, -0.1) is 11.6 Å². The number of piperidine rings is 1. The smallest absolute Gasteiger partial charge is 0.254 e. The van der Waals surface area contributed by atoms with Crippen molar-refractivity contribution in [3.05, 3.63) is 29.3 Å². The van der Waals surface area contributed by atoms with Gasteiger partial charge in [0.15, 0.2) is 0 Å². The average molecular weight is 268 g/mol. The maximum absolute atomic E-state index is 12.4. The topological polar surface area (TPSA) is 40.5 Å². The molecule has 1 N–H and O–H groups in total. The quantitative estimate of drug-likeness (QED) is 0.795. The Morgan fingerprint density at radius 1 is 1.50 bits per heavy atom. The van der Waals surface area contributed by atoms with Crippen LogP contribution in [0.5, 0.6) is 5.75 Å². The Morgan fingerprint density at radius 2 is 2.22 bits per heavy atom. The number of carbonyl (C=O) groups excluding carboxylic acids is 1. The minimum atomic E-state index is -0.0150. The predicted octanol–water partition coefficient (Wildman–Crippen LogP) is 2.79. The van der Waals surface area contributed by atoms with Crippen molar-refractivity contribution in [2.24, 2.45) is 5.92 Å². The fourth-order valence-corrected chi connectivity index (χ4v) is 2.50. The number of carbonyl (C=O) groups is 1. The summed E-state index contributed by atoms with van der Waals surface area (Å²) in [6.07, 6.45) is 0.826. The molecule has 2 rings (SSSR count). The molecular weight excluding hydrogens is 250 g/mol. The highest BCUT2D eigenvalue weighted by atomic mass is 35.5. The number of rotatable bonds is 1. The van der Waals surface area contributed by atoms with Gasteiger partial charge in [-0.3, -0.25) is 4.79 Å². The molecule has 1 fully saturated rings. The van der Waals surface area contributed by atoms with Crippen LogP contribution < -0.4 is 0 Å². The summed E-state index contributed by atoms with van der Waals surface area (Å²) in [5, 5.41) is 9.80. The fraction of sp³-hybridized carbons (Fsp3) is 0.500. The zero-order valence-corrected chi connectivity index (χ0v) is 11.4. The van der Waals surface area contributed by atoms with Gasteiger partial charge < -0.3 is 10.0 Å². The molecule has 0 radical (unpaired) electrons. The third-order valence-corrected chi connectivity index (χ3v) is 4.27. The summed E-state index contributed by atoms with van der Waals surface area (Å²) < 4.78 is 0. The van der Waals surface area contributed by atoms with Gasteiger partial charge in [0.25, 0.3) is 5.91 Å². The number of aromatic hydroxyl groups is 1. The fourth-order valence-electron chi connectivity index (χ4n) is 2.33. The Kier molecular flexibility index (Phi) is 3.81. The summed E-state index contributed by atoms with van der Waals surface area (Å²) in [5.74, 6) is 0.460. The van der Waals surface area contributed by atoms with E-state index in [-0.39, 0.29) is 17.0 Å². The van der Waals surface area contributed by atoms with E-state index in [1.807, 2.05) is 4.90 Å². The first kappa shape index (κ1) is 13.2. The Bertz CT molecular complexity index is 461. The van der Waals surface area contributed by atoms with Crippen molar-refractivity contribution in [1.82, 2.24) is 4.90 Å². The van der Waals surface area contributed by atoms with E-state index in [9.17, 15) is 9.90 Å². The van der Waals surface area contributed by atoms with Gasteiger partial charge in [0.05, 0.1) is 0 Å². The molecule has 98 valence electrons.